The number of aromatic nitrogens is 1. The van der Waals surface area contributed by atoms with E-state index in [1.54, 1.807) is 6.20 Å². The van der Waals surface area contributed by atoms with E-state index in [0.29, 0.717) is 25.6 Å². The van der Waals surface area contributed by atoms with Crippen LogP contribution in [0.1, 0.15) is 5.56 Å². The van der Waals surface area contributed by atoms with Crippen molar-refractivity contribution in [3.8, 4) is 0 Å². The van der Waals surface area contributed by atoms with Crippen molar-refractivity contribution < 1.29 is 9.90 Å². The Bertz CT molecular complexity index is 495. The van der Waals surface area contributed by atoms with Crippen molar-refractivity contribution in [2.24, 2.45) is 11.8 Å². The molecule has 1 aliphatic rings. The van der Waals surface area contributed by atoms with Crippen LogP contribution >= 0.6 is 0 Å². The third-order valence-electron chi connectivity index (χ3n) is 4.34. The van der Waals surface area contributed by atoms with Crippen molar-refractivity contribution in [2.45, 2.75) is 6.54 Å². The number of hydrogen-bond donors (Lipinski definition) is 1. The highest BCUT2D eigenvalue weighted by Gasteiger charge is 2.34. The van der Waals surface area contributed by atoms with E-state index in [4.69, 9.17) is 0 Å². The number of carbonyl (C=O) groups is 1. The van der Waals surface area contributed by atoms with Crippen LogP contribution in [-0.2, 0) is 11.3 Å². The van der Waals surface area contributed by atoms with Crippen LogP contribution in [0, 0.1) is 11.8 Å². The Kier molecular flexibility index (Phi) is 6.50. The lowest BCUT2D eigenvalue weighted by atomic mass is 9.97. The molecule has 1 fully saturated rings. The van der Waals surface area contributed by atoms with Gasteiger partial charge in [0.05, 0.1) is 6.54 Å². The van der Waals surface area contributed by atoms with Gasteiger partial charge in [-0.2, -0.15) is 0 Å². The molecule has 1 aromatic rings. The molecule has 2 rings (SSSR count). The monoisotopic (exact) mass is 320 g/mol. The topological polar surface area (TPSA) is 59.9 Å². The van der Waals surface area contributed by atoms with Crippen molar-refractivity contribution in [1.82, 2.24) is 19.7 Å². The van der Waals surface area contributed by atoms with Gasteiger partial charge < -0.3 is 14.9 Å². The average Bonchev–Trinajstić information content (AvgIpc) is 2.90. The third-order valence-corrected chi connectivity index (χ3v) is 4.34. The Balaban J connectivity index is 1.85. The van der Waals surface area contributed by atoms with E-state index in [2.05, 4.69) is 9.88 Å². The minimum Gasteiger partial charge on any atom is -0.396 e. The zero-order valence-corrected chi connectivity index (χ0v) is 14.4. The third kappa shape index (κ3) is 5.27. The number of hydrogen-bond acceptors (Lipinski definition) is 5. The van der Waals surface area contributed by atoms with Gasteiger partial charge in [0.2, 0.25) is 5.91 Å². The Hall–Kier alpha value is -1.50. The molecule has 0 radical (unpaired) electrons. The molecule has 0 spiro atoms. The van der Waals surface area contributed by atoms with Crippen molar-refractivity contribution in [3.63, 3.8) is 0 Å². The Morgan fingerprint density at radius 2 is 2.09 bits per heavy atom. The second kappa shape index (κ2) is 8.38. The maximum atomic E-state index is 12.5. The molecule has 1 aromatic heterocycles. The zero-order chi connectivity index (χ0) is 16.8. The Labute approximate surface area is 138 Å². The summed E-state index contributed by atoms with van der Waals surface area (Å²) in [6.45, 7) is 3.55. The number of likely N-dealkylation sites (tertiary alicyclic amines) is 1. The highest BCUT2D eigenvalue weighted by molar-refractivity contribution is 5.78. The Morgan fingerprint density at radius 3 is 2.70 bits per heavy atom. The van der Waals surface area contributed by atoms with Crippen molar-refractivity contribution in [2.75, 3.05) is 53.9 Å². The number of pyridine rings is 1. The molecule has 128 valence electrons. The lowest BCUT2D eigenvalue weighted by Crippen LogP contribution is -2.38. The van der Waals surface area contributed by atoms with Crippen molar-refractivity contribution in [1.29, 1.82) is 0 Å². The van der Waals surface area contributed by atoms with Gasteiger partial charge in [0.1, 0.15) is 0 Å². The van der Waals surface area contributed by atoms with Crippen LogP contribution in [-0.4, -0.2) is 84.6 Å². The van der Waals surface area contributed by atoms with E-state index < -0.39 is 0 Å². The molecular weight excluding hydrogens is 292 g/mol. The quantitative estimate of drug-likeness (QED) is 0.774. The summed E-state index contributed by atoms with van der Waals surface area (Å²) in [5, 5.41) is 9.55. The molecule has 0 unspecified atom stereocenters. The summed E-state index contributed by atoms with van der Waals surface area (Å²) in [6, 6.07) is 3.92. The Morgan fingerprint density at radius 1 is 1.35 bits per heavy atom. The summed E-state index contributed by atoms with van der Waals surface area (Å²) in [4.78, 5) is 22.6. The first kappa shape index (κ1) is 17.8. The van der Waals surface area contributed by atoms with Crippen molar-refractivity contribution >= 4 is 5.91 Å². The summed E-state index contributed by atoms with van der Waals surface area (Å²) >= 11 is 0. The van der Waals surface area contributed by atoms with Crippen LogP contribution in [0.15, 0.2) is 24.5 Å². The van der Waals surface area contributed by atoms with Gasteiger partial charge in [-0.05, 0) is 38.7 Å². The van der Waals surface area contributed by atoms with Crippen LogP contribution in [0.4, 0.5) is 0 Å². The van der Waals surface area contributed by atoms with Gasteiger partial charge in [-0.1, -0.05) is 6.07 Å². The summed E-state index contributed by atoms with van der Waals surface area (Å²) in [6.07, 6.45) is 3.57. The second-order valence-corrected chi connectivity index (χ2v) is 6.80. The lowest BCUT2D eigenvalue weighted by Gasteiger charge is -2.22. The van der Waals surface area contributed by atoms with E-state index in [9.17, 15) is 9.90 Å². The van der Waals surface area contributed by atoms with Crippen LogP contribution < -0.4 is 0 Å². The fraction of sp³-hybridized carbons (Fsp3) is 0.647. The highest BCUT2D eigenvalue weighted by Crippen LogP contribution is 2.23. The van der Waals surface area contributed by atoms with Gasteiger partial charge in [0.25, 0.3) is 0 Å². The summed E-state index contributed by atoms with van der Waals surface area (Å²) in [5.41, 5.74) is 1.10. The van der Waals surface area contributed by atoms with Gasteiger partial charge in [0.15, 0.2) is 0 Å². The van der Waals surface area contributed by atoms with Crippen LogP contribution in [0.3, 0.4) is 0 Å². The fourth-order valence-electron chi connectivity index (χ4n) is 3.22. The molecule has 2 atom stereocenters. The molecule has 1 saturated heterocycles. The second-order valence-electron chi connectivity index (χ2n) is 6.80. The molecule has 6 heteroatoms. The standard InChI is InChI=1S/C17H28N4O2/c1-19(2)9-15-10-21(11-16(15)13-22)17(23)12-20(3)8-14-5-4-6-18-7-14/h4-7,15-16,22H,8-13H2,1-3H3/t15-,16-/m1/s1. The largest absolute Gasteiger partial charge is 0.396 e. The normalized spacial score (nSPS) is 21.4. The van der Waals surface area contributed by atoms with Crippen LogP contribution in [0.25, 0.3) is 0 Å². The number of aliphatic hydroxyl groups excluding tert-OH is 1. The number of carbonyl (C=O) groups excluding carboxylic acids is 1. The smallest absolute Gasteiger partial charge is 0.236 e. The van der Waals surface area contributed by atoms with E-state index >= 15 is 0 Å². The fourth-order valence-corrected chi connectivity index (χ4v) is 3.22. The van der Waals surface area contributed by atoms with E-state index in [1.165, 1.54) is 0 Å². The van der Waals surface area contributed by atoms with E-state index in [0.717, 1.165) is 18.7 Å². The minimum atomic E-state index is 0.135. The van der Waals surface area contributed by atoms with Gasteiger partial charge in [-0.25, -0.2) is 0 Å². The summed E-state index contributed by atoms with van der Waals surface area (Å²) in [5.74, 6) is 0.670. The first-order chi connectivity index (χ1) is 11.0. The predicted octanol–water partition coefficient (Wildman–Crippen LogP) is 0.142. The SMILES string of the molecule is CN(C)C[C@@H]1CN(C(=O)CN(C)Cc2cccnc2)C[C@@H]1CO. The van der Waals surface area contributed by atoms with Gasteiger partial charge in [-0.15, -0.1) is 0 Å². The highest BCUT2D eigenvalue weighted by atomic mass is 16.3. The number of nitrogens with zero attached hydrogens (tertiary/aromatic N) is 4. The molecule has 1 amide bonds. The molecule has 1 aliphatic heterocycles. The zero-order valence-electron chi connectivity index (χ0n) is 14.4. The number of rotatable bonds is 7. The van der Waals surface area contributed by atoms with Crippen molar-refractivity contribution in [3.05, 3.63) is 30.1 Å². The molecule has 23 heavy (non-hydrogen) atoms. The predicted molar refractivity (Wildman–Crippen MR) is 89.8 cm³/mol. The number of amides is 1. The first-order valence-electron chi connectivity index (χ1n) is 8.10. The van der Waals surface area contributed by atoms with Gasteiger partial charge in [0, 0.05) is 51.1 Å². The maximum Gasteiger partial charge on any atom is 0.236 e. The van der Waals surface area contributed by atoms with Gasteiger partial charge >= 0.3 is 0 Å². The molecule has 1 N–H and O–H groups in total. The average molecular weight is 320 g/mol. The molecule has 0 bridgehead atoms. The molecular formula is C17H28N4O2. The molecule has 2 heterocycles. The maximum absolute atomic E-state index is 12.5. The molecule has 0 saturated carbocycles. The lowest BCUT2D eigenvalue weighted by molar-refractivity contribution is -0.131. The first-order valence-corrected chi connectivity index (χ1v) is 8.10. The minimum absolute atomic E-state index is 0.135. The van der Waals surface area contributed by atoms with Gasteiger partial charge in [-0.3, -0.25) is 14.7 Å². The molecule has 0 aliphatic carbocycles. The van der Waals surface area contributed by atoms with E-state index in [-0.39, 0.29) is 18.4 Å². The summed E-state index contributed by atoms with van der Waals surface area (Å²) in [7, 11) is 6.00. The molecule has 6 nitrogen and oxygen atoms in total. The summed E-state index contributed by atoms with van der Waals surface area (Å²) < 4.78 is 0. The van der Waals surface area contributed by atoms with Crippen LogP contribution in [0.5, 0.6) is 0 Å². The van der Waals surface area contributed by atoms with Crippen LogP contribution in [0.2, 0.25) is 0 Å². The van der Waals surface area contributed by atoms with E-state index in [1.807, 2.05) is 49.3 Å². The number of likely N-dealkylation sites (N-methyl/N-ethyl adjacent to an activating group) is 1. The number of aliphatic hydroxyl groups is 1. The molecule has 0 aromatic carbocycles.